The van der Waals surface area contributed by atoms with Crippen molar-refractivity contribution in [2.75, 3.05) is 36.5 Å². The first-order chi connectivity index (χ1) is 14.2. The van der Waals surface area contributed by atoms with Gasteiger partial charge in [0, 0.05) is 37.1 Å². The summed E-state index contributed by atoms with van der Waals surface area (Å²) in [4.78, 5) is 19.1. The molecule has 1 aromatic carbocycles. The summed E-state index contributed by atoms with van der Waals surface area (Å²) in [5.74, 6) is 0.882. The van der Waals surface area contributed by atoms with Crippen LogP contribution < -0.4 is 15.5 Å². The molecular weight excluding hydrogens is 372 g/mol. The Kier molecular flexibility index (Phi) is 5.61. The Bertz CT molecular complexity index is 970. The second kappa shape index (κ2) is 8.65. The highest BCUT2D eigenvalue weighted by Gasteiger charge is 2.16. The molecule has 0 bridgehead atoms. The van der Waals surface area contributed by atoms with E-state index < -0.39 is 0 Å². The van der Waals surface area contributed by atoms with Gasteiger partial charge in [0.25, 0.3) is 0 Å². The van der Waals surface area contributed by atoms with Crippen LogP contribution in [0.4, 0.5) is 16.3 Å². The maximum atomic E-state index is 12.4. The van der Waals surface area contributed by atoms with Crippen molar-refractivity contribution in [1.29, 1.82) is 0 Å². The number of carbonyl (C=O) groups excluding carboxylic acids is 1. The molecule has 3 aromatic rings. The summed E-state index contributed by atoms with van der Waals surface area (Å²) in [5, 5.41) is 17.0. The maximum Gasteiger partial charge on any atom is 0.319 e. The second-order valence-electron chi connectivity index (χ2n) is 6.65. The van der Waals surface area contributed by atoms with Crippen LogP contribution in [0.3, 0.4) is 0 Å². The lowest BCUT2D eigenvalue weighted by atomic mass is 10.2. The van der Waals surface area contributed by atoms with Crippen LogP contribution in [0, 0.1) is 6.92 Å². The van der Waals surface area contributed by atoms with Gasteiger partial charge in [0.2, 0.25) is 0 Å². The monoisotopic (exact) mass is 394 g/mol. The third-order valence-corrected chi connectivity index (χ3v) is 4.68. The smallest absolute Gasteiger partial charge is 0.319 e. The standard InChI is InChI=1S/C19H22N8O2/c1-14-4-5-16(11-17(14)27-13-22-24-25-27)23-19(28)21-12-15-3-2-6-20-18(15)26-7-9-29-10-8-26/h2-6,11,13H,7-10,12H2,1H3,(H2,21,23,28). The predicted octanol–water partition coefficient (Wildman–Crippen LogP) is 1.52. The molecule has 1 aliphatic rings. The Morgan fingerprint density at radius 2 is 2.10 bits per heavy atom. The van der Waals surface area contributed by atoms with E-state index >= 15 is 0 Å². The van der Waals surface area contributed by atoms with Gasteiger partial charge in [-0.15, -0.1) is 5.10 Å². The highest BCUT2D eigenvalue weighted by Crippen LogP contribution is 2.20. The van der Waals surface area contributed by atoms with Gasteiger partial charge in [0.15, 0.2) is 0 Å². The molecule has 0 aliphatic carbocycles. The maximum absolute atomic E-state index is 12.4. The molecule has 1 saturated heterocycles. The Hall–Kier alpha value is -3.53. The summed E-state index contributed by atoms with van der Waals surface area (Å²) in [6.45, 7) is 5.27. The number of tetrazole rings is 1. The van der Waals surface area contributed by atoms with Crippen molar-refractivity contribution in [1.82, 2.24) is 30.5 Å². The number of morpholine rings is 1. The number of urea groups is 1. The fourth-order valence-corrected chi connectivity index (χ4v) is 3.18. The van der Waals surface area contributed by atoms with Crippen LogP contribution >= 0.6 is 0 Å². The fraction of sp³-hybridized carbons (Fsp3) is 0.316. The minimum absolute atomic E-state index is 0.298. The third kappa shape index (κ3) is 4.49. The summed E-state index contributed by atoms with van der Waals surface area (Å²) < 4.78 is 6.97. The molecule has 10 nitrogen and oxygen atoms in total. The first kappa shape index (κ1) is 18.8. The van der Waals surface area contributed by atoms with Gasteiger partial charge in [-0.1, -0.05) is 12.1 Å². The van der Waals surface area contributed by atoms with E-state index in [1.807, 2.05) is 37.3 Å². The number of amides is 2. The molecule has 10 heteroatoms. The molecule has 2 amide bonds. The first-order valence-corrected chi connectivity index (χ1v) is 9.36. The number of nitrogens with one attached hydrogen (secondary N) is 2. The molecule has 29 heavy (non-hydrogen) atoms. The number of pyridine rings is 1. The molecule has 1 aliphatic heterocycles. The molecule has 3 heterocycles. The third-order valence-electron chi connectivity index (χ3n) is 4.68. The van der Waals surface area contributed by atoms with E-state index in [2.05, 4.69) is 36.0 Å². The number of aryl methyl sites for hydroxylation is 1. The Morgan fingerprint density at radius 3 is 2.90 bits per heavy atom. The number of benzene rings is 1. The van der Waals surface area contributed by atoms with E-state index in [0.29, 0.717) is 25.4 Å². The van der Waals surface area contributed by atoms with Crippen molar-refractivity contribution < 1.29 is 9.53 Å². The van der Waals surface area contributed by atoms with Crippen molar-refractivity contribution >= 4 is 17.5 Å². The van der Waals surface area contributed by atoms with Crippen LogP contribution in [0.5, 0.6) is 0 Å². The van der Waals surface area contributed by atoms with Crippen LogP contribution in [0.15, 0.2) is 42.9 Å². The lowest BCUT2D eigenvalue weighted by Gasteiger charge is -2.29. The van der Waals surface area contributed by atoms with Crippen LogP contribution in [-0.2, 0) is 11.3 Å². The molecule has 0 spiro atoms. The van der Waals surface area contributed by atoms with Gasteiger partial charge in [-0.2, -0.15) is 0 Å². The first-order valence-electron chi connectivity index (χ1n) is 9.36. The molecule has 4 rings (SSSR count). The average Bonchev–Trinajstić information content (AvgIpc) is 3.29. The number of aromatic nitrogens is 5. The van der Waals surface area contributed by atoms with Gasteiger partial charge in [-0.3, -0.25) is 0 Å². The number of ether oxygens (including phenoxy) is 1. The molecule has 150 valence electrons. The number of rotatable bonds is 5. The van der Waals surface area contributed by atoms with Crippen molar-refractivity contribution in [3.8, 4) is 5.69 Å². The molecule has 2 aromatic heterocycles. The molecule has 0 atom stereocenters. The van der Waals surface area contributed by atoms with Gasteiger partial charge in [0.05, 0.1) is 18.9 Å². The predicted molar refractivity (Wildman–Crippen MR) is 107 cm³/mol. The minimum Gasteiger partial charge on any atom is -0.378 e. The van der Waals surface area contributed by atoms with Crippen LogP contribution in [0.25, 0.3) is 5.69 Å². The number of hydrogen-bond acceptors (Lipinski definition) is 7. The largest absolute Gasteiger partial charge is 0.378 e. The van der Waals surface area contributed by atoms with Crippen LogP contribution in [0.1, 0.15) is 11.1 Å². The van der Waals surface area contributed by atoms with Gasteiger partial charge in [-0.05, 0) is 41.1 Å². The summed E-state index contributed by atoms with van der Waals surface area (Å²) >= 11 is 0. The van der Waals surface area contributed by atoms with E-state index in [-0.39, 0.29) is 6.03 Å². The summed E-state index contributed by atoms with van der Waals surface area (Å²) in [5.41, 5.74) is 3.41. The van der Waals surface area contributed by atoms with Crippen molar-refractivity contribution in [3.05, 3.63) is 54.0 Å². The van der Waals surface area contributed by atoms with E-state index in [4.69, 9.17) is 4.74 Å². The fourth-order valence-electron chi connectivity index (χ4n) is 3.18. The van der Waals surface area contributed by atoms with Gasteiger partial charge in [0.1, 0.15) is 12.1 Å². The lowest BCUT2D eigenvalue weighted by Crippen LogP contribution is -2.38. The van der Waals surface area contributed by atoms with E-state index in [0.717, 1.165) is 35.7 Å². The number of hydrogen-bond donors (Lipinski definition) is 2. The summed E-state index contributed by atoms with van der Waals surface area (Å²) in [6.07, 6.45) is 3.28. The summed E-state index contributed by atoms with van der Waals surface area (Å²) in [7, 11) is 0. The SMILES string of the molecule is Cc1ccc(NC(=O)NCc2cccnc2N2CCOCC2)cc1-n1cnnn1. The zero-order valence-corrected chi connectivity index (χ0v) is 16.1. The summed E-state index contributed by atoms with van der Waals surface area (Å²) in [6, 6.07) is 9.12. The Labute approximate surface area is 167 Å². The van der Waals surface area contributed by atoms with Crippen molar-refractivity contribution in [3.63, 3.8) is 0 Å². The normalized spacial score (nSPS) is 13.9. The zero-order valence-electron chi connectivity index (χ0n) is 16.1. The Morgan fingerprint density at radius 1 is 1.24 bits per heavy atom. The zero-order chi connectivity index (χ0) is 20.1. The van der Waals surface area contributed by atoms with Gasteiger partial charge in [-0.25, -0.2) is 14.5 Å². The second-order valence-corrected chi connectivity index (χ2v) is 6.65. The topological polar surface area (TPSA) is 110 Å². The van der Waals surface area contributed by atoms with Gasteiger partial charge >= 0.3 is 6.03 Å². The molecule has 0 radical (unpaired) electrons. The molecule has 0 unspecified atom stereocenters. The molecular formula is C19H22N8O2. The van der Waals surface area contributed by atoms with E-state index in [9.17, 15) is 4.79 Å². The number of carbonyl (C=O) groups is 1. The van der Waals surface area contributed by atoms with E-state index in [1.165, 1.54) is 6.33 Å². The lowest BCUT2D eigenvalue weighted by molar-refractivity contribution is 0.122. The molecule has 1 fully saturated rings. The van der Waals surface area contributed by atoms with Gasteiger partial charge < -0.3 is 20.3 Å². The highest BCUT2D eigenvalue weighted by atomic mass is 16.5. The average molecular weight is 394 g/mol. The Balaban J connectivity index is 1.41. The highest BCUT2D eigenvalue weighted by molar-refractivity contribution is 5.89. The van der Waals surface area contributed by atoms with Crippen molar-refractivity contribution in [2.24, 2.45) is 0 Å². The van der Waals surface area contributed by atoms with E-state index in [1.54, 1.807) is 10.9 Å². The van der Waals surface area contributed by atoms with Crippen molar-refractivity contribution in [2.45, 2.75) is 13.5 Å². The van der Waals surface area contributed by atoms with Crippen LogP contribution in [0.2, 0.25) is 0 Å². The van der Waals surface area contributed by atoms with Crippen LogP contribution in [-0.4, -0.2) is 57.5 Å². The quantitative estimate of drug-likeness (QED) is 0.675. The number of anilines is 2. The molecule has 2 N–H and O–H groups in total. The molecule has 0 saturated carbocycles. The number of nitrogens with zero attached hydrogens (tertiary/aromatic N) is 6. The minimum atomic E-state index is -0.298.